The molecule has 0 bridgehead atoms. The van der Waals surface area contributed by atoms with Crippen LogP contribution in [-0.2, 0) is 16.3 Å². The Hall–Kier alpha value is -0.590. The number of hydrogen-bond donors (Lipinski definition) is 1. The van der Waals surface area contributed by atoms with Crippen LogP contribution >= 0.6 is 15.9 Å². The first-order valence-electron chi connectivity index (χ1n) is 6.69. The quantitative estimate of drug-likeness (QED) is 0.894. The second-order valence-electron chi connectivity index (χ2n) is 5.30. The first-order chi connectivity index (χ1) is 9.41. The lowest BCUT2D eigenvalue weighted by Crippen LogP contribution is -2.30. The van der Waals surface area contributed by atoms with E-state index < -0.39 is 9.84 Å². The molecule has 4 nitrogen and oxygen atoms in total. The zero-order valence-electron chi connectivity index (χ0n) is 11.8. The van der Waals surface area contributed by atoms with Crippen molar-refractivity contribution >= 4 is 25.8 Å². The largest absolute Gasteiger partial charge is 0.494 e. The highest BCUT2D eigenvalue weighted by atomic mass is 79.9. The maximum atomic E-state index is 11.9. The van der Waals surface area contributed by atoms with Gasteiger partial charge in [-0.3, -0.25) is 0 Å². The topological polar surface area (TPSA) is 55.4 Å². The molecule has 112 valence electrons. The molecular weight excluding hydrogens is 342 g/mol. The summed E-state index contributed by atoms with van der Waals surface area (Å²) in [6.45, 7) is 2.08. The monoisotopic (exact) mass is 361 g/mol. The fourth-order valence-electron chi connectivity index (χ4n) is 2.64. The van der Waals surface area contributed by atoms with Crippen molar-refractivity contribution in [3.05, 3.63) is 22.2 Å². The van der Waals surface area contributed by atoms with Gasteiger partial charge in [-0.25, -0.2) is 8.42 Å². The zero-order valence-corrected chi connectivity index (χ0v) is 14.2. The number of hydrogen-bond acceptors (Lipinski definition) is 4. The molecule has 1 atom stereocenters. The van der Waals surface area contributed by atoms with Gasteiger partial charge in [-0.1, -0.05) is 0 Å². The molecule has 1 aliphatic rings. The van der Waals surface area contributed by atoms with Gasteiger partial charge < -0.3 is 10.1 Å². The molecule has 0 amide bonds. The molecule has 1 aromatic rings. The molecule has 1 heterocycles. The van der Waals surface area contributed by atoms with Gasteiger partial charge in [0.05, 0.1) is 11.6 Å². The van der Waals surface area contributed by atoms with Crippen LogP contribution in [0.25, 0.3) is 0 Å². The Morgan fingerprint density at radius 3 is 2.75 bits per heavy atom. The Labute approximate surface area is 129 Å². The summed E-state index contributed by atoms with van der Waals surface area (Å²) in [4.78, 5) is 0.258. The molecule has 0 saturated carbocycles. The summed E-state index contributed by atoms with van der Waals surface area (Å²) >= 11 is 3.41. The molecule has 1 aromatic carbocycles. The van der Waals surface area contributed by atoms with Gasteiger partial charge in [0.2, 0.25) is 0 Å². The van der Waals surface area contributed by atoms with E-state index in [-0.39, 0.29) is 4.90 Å². The molecule has 0 aromatic heterocycles. The van der Waals surface area contributed by atoms with Crippen LogP contribution in [0.1, 0.15) is 18.4 Å². The van der Waals surface area contributed by atoms with E-state index in [0.29, 0.717) is 16.1 Å². The van der Waals surface area contributed by atoms with E-state index in [1.807, 2.05) is 6.07 Å². The van der Waals surface area contributed by atoms with Crippen LogP contribution < -0.4 is 10.1 Å². The summed E-state index contributed by atoms with van der Waals surface area (Å²) in [5.41, 5.74) is 1.03. The first kappa shape index (κ1) is 15.8. The van der Waals surface area contributed by atoms with Gasteiger partial charge in [0.15, 0.2) is 15.6 Å². The molecule has 1 aliphatic heterocycles. The van der Waals surface area contributed by atoms with Crippen molar-refractivity contribution < 1.29 is 13.2 Å². The molecule has 0 spiro atoms. The van der Waals surface area contributed by atoms with Gasteiger partial charge in [0.25, 0.3) is 0 Å². The lowest BCUT2D eigenvalue weighted by molar-refractivity contribution is 0.374. The van der Waals surface area contributed by atoms with Gasteiger partial charge in [0.1, 0.15) is 4.90 Å². The molecule has 1 N–H and O–H groups in total. The number of rotatable bonds is 4. The zero-order chi connectivity index (χ0) is 14.8. The van der Waals surface area contributed by atoms with Crippen molar-refractivity contribution in [2.24, 2.45) is 5.92 Å². The van der Waals surface area contributed by atoms with Crippen LogP contribution in [0, 0.1) is 5.92 Å². The highest BCUT2D eigenvalue weighted by molar-refractivity contribution is 9.10. The smallest absolute Gasteiger partial charge is 0.179 e. The number of sulfone groups is 1. The first-order valence-corrected chi connectivity index (χ1v) is 9.37. The second-order valence-corrected chi connectivity index (χ2v) is 8.14. The minimum Gasteiger partial charge on any atom is -0.494 e. The van der Waals surface area contributed by atoms with Crippen LogP contribution in [0.5, 0.6) is 5.75 Å². The fourth-order valence-corrected chi connectivity index (χ4v) is 4.34. The van der Waals surface area contributed by atoms with Crippen LogP contribution in [-0.4, -0.2) is 34.9 Å². The van der Waals surface area contributed by atoms with Crippen molar-refractivity contribution in [1.82, 2.24) is 5.32 Å². The van der Waals surface area contributed by atoms with Crippen molar-refractivity contribution in [1.29, 1.82) is 0 Å². The third kappa shape index (κ3) is 3.74. The number of piperidine rings is 1. The lowest BCUT2D eigenvalue weighted by atomic mass is 9.92. The Kier molecular flexibility index (Phi) is 5.09. The van der Waals surface area contributed by atoms with E-state index in [4.69, 9.17) is 4.74 Å². The molecule has 0 aliphatic carbocycles. The van der Waals surface area contributed by atoms with Gasteiger partial charge in [-0.05, 0) is 71.9 Å². The van der Waals surface area contributed by atoms with Crippen molar-refractivity contribution in [2.45, 2.75) is 24.2 Å². The van der Waals surface area contributed by atoms with Crippen LogP contribution in [0.15, 0.2) is 21.5 Å². The Morgan fingerprint density at radius 1 is 1.45 bits per heavy atom. The van der Waals surface area contributed by atoms with Gasteiger partial charge in [-0.15, -0.1) is 0 Å². The van der Waals surface area contributed by atoms with E-state index in [0.717, 1.165) is 25.1 Å². The van der Waals surface area contributed by atoms with E-state index in [2.05, 4.69) is 21.2 Å². The average Bonchev–Trinajstić information content (AvgIpc) is 2.38. The average molecular weight is 362 g/mol. The third-order valence-electron chi connectivity index (χ3n) is 3.60. The summed E-state index contributed by atoms with van der Waals surface area (Å²) in [6, 6.07) is 3.70. The van der Waals surface area contributed by atoms with Crippen LogP contribution in [0.2, 0.25) is 0 Å². The highest BCUT2D eigenvalue weighted by Crippen LogP contribution is 2.34. The van der Waals surface area contributed by atoms with Crippen molar-refractivity contribution in [2.75, 3.05) is 26.5 Å². The normalized spacial score (nSPS) is 19.9. The summed E-state index contributed by atoms with van der Waals surface area (Å²) in [6.07, 6.45) is 4.47. The Balaban J connectivity index is 2.33. The standard InChI is InChI=1S/C14H20BrNO3S/c1-19-14-12(15)7-11(8-13(14)20(2,17)18)6-10-4-3-5-16-9-10/h7-8,10,16H,3-6,9H2,1-2H3. The maximum Gasteiger partial charge on any atom is 0.179 e. The highest BCUT2D eigenvalue weighted by Gasteiger charge is 2.20. The van der Waals surface area contributed by atoms with E-state index in [9.17, 15) is 8.42 Å². The van der Waals surface area contributed by atoms with Crippen molar-refractivity contribution in [3.8, 4) is 5.75 Å². The number of ether oxygens (including phenoxy) is 1. The lowest BCUT2D eigenvalue weighted by Gasteiger charge is -2.23. The van der Waals surface area contributed by atoms with E-state index in [1.165, 1.54) is 26.2 Å². The number of halogens is 1. The molecule has 6 heteroatoms. The van der Waals surface area contributed by atoms with Crippen LogP contribution in [0.4, 0.5) is 0 Å². The number of benzene rings is 1. The summed E-state index contributed by atoms with van der Waals surface area (Å²) < 4.78 is 29.7. The van der Waals surface area contributed by atoms with E-state index in [1.54, 1.807) is 6.07 Å². The van der Waals surface area contributed by atoms with Gasteiger partial charge >= 0.3 is 0 Å². The maximum absolute atomic E-state index is 11.9. The molecule has 1 fully saturated rings. The number of methoxy groups -OCH3 is 1. The molecule has 20 heavy (non-hydrogen) atoms. The van der Waals surface area contributed by atoms with Crippen molar-refractivity contribution in [3.63, 3.8) is 0 Å². The molecule has 0 radical (unpaired) electrons. The minimum atomic E-state index is -3.30. The summed E-state index contributed by atoms with van der Waals surface area (Å²) in [5, 5.41) is 3.38. The molecular formula is C14H20BrNO3S. The number of nitrogens with one attached hydrogen (secondary N) is 1. The predicted molar refractivity (Wildman–Crippen MR) is 83.1 cm³/mol. The van der Waals surface area contributed by atoms with Gasteiger partial charge in [-0.2, -0.15) is 0 Å². The predicted octanol–water partition coefficient (Wildman–Crippen LogP) is 2.40. The minimum absolute atomic E-state index is 0.258. The molecule has 1 saturated heterocycles. The third-order valence-corrected chi connectivity index (χ3v) is 5.29. The van der Waals surface area contributed by atoms with Gasteiger partial charge in [0, 0.05) is 6.26 Å². The molecule has 1 unspecified atom stereocenters. The van der Waals surface area contributed by atoms with E-state index >= 15 is 0 Å². The Bertz CT molecular complexity index is 580. The molecule has 2 rings (SSSR count). The SMILES string of the molecule is COc1c(Br)cc(CC2CCCNC2)cc1S(C)(=O)=O. The fraction of sp³-hybridized carbons (Fsp3) is 0.571. The Morgan fingerprint density at radius 2 is 2.20 bits per heavy atom. The summed E-state index contributed by atoms with van der Waals surface area (Å²) in [7, 11) is -1.82. The van der Waals surface area contributed by atoms with Crippen LogP contribution in [0.3, 0.4) is 0 Å². The summed E-state index contributed by atoms with van der Waals surface area (Å²) in [5.74, 6) is 0.953. The second kappa shape index (κ2) is 6.45.